The van der Waals surface area contributed by atoms with Crippen LogP contribution in [0.25, 0.3) is 0 Å². The zero-order valence-electron chi connectivity index (χ0n) is 14.9. The Morgan fingerprint density at radius 3 is 1.43 bits per heavy atom. The molecule has 0 aliphatic heterocycles. The van der Waals surface area contributed by atoms with E-state index in [2.05, 4.69) is 77.9 Å². The fraction of sp³-hybridized carbons (Fsp3) is 0.400. The maximum atomic E-state index is 5.96. The first-order valence-electron chi connectivity index (χ1n) is 8.18. The molecule has 0 unspecified atom stereocenters. The standard InChI is InChI=1S/C20H27O2P/c1-13(2)17-9-7-15(5)11-19(17)21-23-22-20-12-16(6)8-10-18(20)14(3)4/h7-14,23H,1-6H3. The molecule has 124 valence electrons. The van der Waals surface area contributed by atoms with E-state index < -0.39 is 0 Å². The van der Waals surface area contributed by atoms with E-state index in [0.717, 1.165) is 11.5 Å². The number of benzene rings is 2. The third-order valence-electron chi connectivity index (χ3n) is 3.89. The summed E-state index contributed by atoms with van der Waals surface area (Å²) in [4.78, 5) is 0. The second-order valence-electron chi connectivity index (χ2n) is 6.68. The Balaban J connectivity index is 2.12. The molecule has 0 spiro atoms. The van der Waals surface area contributed by atoms with Crippen LogP contribution in [0.2, 0.25) is 0 Å². The van der Waals surface area contributed by atoms with Gasteiger partial charge in [-0.05, 0) is 60.1 Å². The first kappa shape index (κ1) is 17.8. The Labute approximate surface area is 142 Å². The van der Waals surface area contributed by atoms with Crippen LogP contribution in [0.5, 0.6) is 11.5 Å². The fourth-order valence-electron chi connectivity index (χ4n) is 2.52. The van der Waals surface area contributed by atoms with Crippen molar-refractivity contribution >= 4 is 9.03 Å². The summed E-state index contributed by atoms with van der Waals surface area (Å²) in [5.74, 6) is 2.72. The second-order valence-corrected chi connectivity index (χ2v) is 7.25. The van der Waals surface area contributed by atoms with E-state index in [1.165, 1.54) is 22.3 Å². The molecule has 2 nitrogen and oxygen atoms in total. The summed E-state index contributed by atoms with van der Waals surface area (Å²) in [6.45, 7) is 12.9. The molecule has 0 heterocycles. The monoisotopic (exact) mass is 330 g/mol. The molecule has 0 N–H and O–H groups in total. The maximum absolute atomic E-state index is 5.96. The largest absolute Gasteiger partial charge is 0.440 e. The smallest absolute Gasteiger partial charge is 0.275 e. The Bertz CT molecular complexity index is 605. The maximum Gasteiger partial charge on any atom is 0.275 e. The predicted molar refractivity (Wildman–Crippen MR) is 100 cm³/mol. The summed E-state index contributed by atoms with van der Waals surface area (Å²) in [6.07, 6.45) is 0. The predicted octanol–water partition coefficient (Wildman–Crippen LogP) is 6.52. The molecule has 0 radical (unpaired) electrons. The molecule has 2 aromatic carbocycles. The molecule has 3 heteroatoms. The zero-order valence-corrected chi connectivity index (χ0v) is 15.9. The molecule has 2 rings (SSSR count). The van der Waals surface area contributed by atoms with Gasteiger partial charge in [-0.3, -0.25) is 0 Å². The van der Waals surface area contributed by atoms with Crippen LogP contribution in [0.4, 0.5) is 0 Å². The van der Waals surface area contributed by atoms with Crippen LogP contribution >= 0.6 is 9.03 Å². The number of hydrogen-bond donors (Lipinski definition) is 0. The van der Waals surface area contributed by atoms with Crippen LogP contribution in [-0.4, -0.2) is 0 Å². The summed E-state index contributed by atoms with van der Waals surface area (Å²) >= 11 is 0. The van der Waals surface area contributed by atoms with E-state index in [1.54, 1.807) is 0 Å². The highest BCUT2D eigenvalue weighted by atomic mass is 31.1. The Hall–Kier alpha value is -1.53. The minimum Gasteiger partial charge on any atom is -0.440 e. The van der Waals surface area contributed by atoms with Crippen LogP contribution in [0.3, 0.4) is 0 Å². The summed E-state index contributed by atoms with van der Waals surface area (Å²) < 4.78 is 11.9. The average Bonchev–Trinajstić information content (AvgIpc) is 2.46. The van der Waals surface area contributed by atoms with Gasteiger partial charge in [-0.1, -0.05) is 52.0 Å². The summed E-state index contributed by atoms with van der Waals surface area (Å²) in [7, 11) is -0.0420. The van der Waals surface area contributed by atoms with Gasteiger partial charge >= 0.3 is 0 Å². The summed E-state index contributed by atoms with van der Waals surface area (Å²) in [5.41, 5.74) is 4.85. The SMILES string of the molecule is Cc1ccc(C(C)C)c(OPOc2cc(C)ccc2C(C)C)c1. The fourth-order valence-corrected chi connectivity index (χ4v) is 3.10. The van der Waals surface area contributed by atoms with Crippen LogP contribution in [0.1, 0.15) is 61.8 Å². The summed E-state index contributed by atoms with van der Waals surface area (Å²) in [5, 5.41) is 0. The van der Waals surface area contributed by atoms with E-state index >= 15 is 0 Å². The van der Waals surface area contributed by atoms with E-state index in [0.29, 0.717) is 11.8 Å². The molecule has 23 heavy (non-hydrogen) atoms. The number of hydrogen-bond acceptors (Lipinski definition) is 2. The zero-order chi connectivity index (χ0) is 17.0. The van der Waals surface area contributed by atoms with Crippen LogP contribution in [-0.2, 0) is 0 Å². The van der Waals surface area contributed by atoms with Crippen molar-refractivity contribution in [1.29, 1.82) is 0 Å². The van der Waals surface area contributed by atoms with Crippen molar-refractivity contribution in [1.82, 2.24) is 0 Å². The van der Waals surface area contributed by atoms with Gasteiger partial charge in [0.25, 0.3) is 9.03 Å². The van der Waals surface area contributed by atoms with Crippen molar-refractivity contribution in [3.63, 3.8) is 0 Å². The molecule has 0 saturated carbocycles. The van der Waals surface area contributed by atoms with Gasteiger partial charge < -0.3 is 9.05 Å². The van der Waals surface area contributed by atoms with Crippen molar-refractivity contribution < 1.29 is 9.05 Å². The third-order valence-corrected chi connectivity index (χ3v) is 4.49. The molecule has 2 aromatic rings. The lowest BCUT2D eigenvalue weighted by Gasteiger charge is -2.17. The Kier molecular flexibility index (Phi) is 6.07. The van der Waals surface area contributed by atoms with Gasteiger partial charge in [0.1, 0.15) is 11.5 Å². The molecular formula is C20H27O2P. The van der Waals surface area contributed by atoms with Crippen molar-refractivity contribution in [3.8, 4) is 11.5 Å². The van der Waals surface area contributed by atoms with Gasteiger partial charge in [0.05, 0.1) is 0 Å². The lowest BCUT2D eigenvalue weighted by molar-refractivity contribution is 0.503. The topological polar surface area (TPSA) is 18.5 Å². The van der Waals surface area contributed by atoms with Crippen LogP contribution < -0.4 is 9.05 Å². The van der Waals surface area contributed by atoms with Gasteiger partial charge in [0, 0.05) is 0 Å². The highest BCUT2D eigenvalue weighted by Crippen LogP contribution is 2.35. The molecule has 0 amide bonds. The first-order valence-corrected chi connectivity index (χ1v) is 9.00. The van der Waals surface area contributed by atoms with Crippen molar-refractivity contribution in [2.75, 3.05) is 0 Å². The molecule has 0 saturated heterocycles. The van der Waals surface area contributed by atoms with E-state index in [4.69, 9.17) is 9.05 Å². The second kappa shape index (κ2) is 7.84. The molecule has 0 aliphatic rings. The summed E-state index contributed by atoms with van der Waals surface area (Å²) in [6, 6.07) is 12.7. The minimum atomic E-state index is -0.0420. The van der Waals surface area contributed by atoms with Crippen molar-refractivity contribution in [2.24, 2.45) is 0 Å². The third kappa shape index (κ3) is 4.72. The number of aryl methyl sites for hydroxylation is 2. The average molecular weight is 330 g/mol. The van der Waals surface area contributed by atoms with Gasteiger partial charge in [-0.25, -0.2) is 0 Å². The van der Waals surface area contributed by atoms with Gasteiger partial charge in [0.2, 0.25) is 0 Å². The highest BCUT2D eigenvalue weighted by Gasteiger charge is 2.11. The minimum absolute atomic E-state index is 0.0420. The molecule has 0 aliphatic carbocycles. The van der Waals surface area contributed by atoms with Crippen LogP contribution in [0, 0.1) is 13.8 Å². The lowest BCUT2D eigenvalue weighted by atomic mass is 10.0. The first-order chi connectivity index (χ1) is 10.9. The van der Waals surface area contributed by atoms with E-state index in [1.807, 2.05) is 0 Å². The van der Waals surface area contributed by atoms with Crippen LogP contribution in [0.15, 0.2) is 36.4 Å². The molecule has 0 atom stereocenters. The molecule has 0 bridgehead atoms. The van der Waals surface area contributed by atoms with Gasteiger partial charge in [-0.2, -0.15) is 0 Å². The molecular weight excluding hydrogens is 303 g/mol. The molecule has 0 fully saturated rings. The number of rotatable bonds is 6. The van der Waals surface area contributed by atoms with Crippen molar-refractivity contribution in [2.45, 2.75) is 53.4 Å². The molecule has 0 aromatic heterocycles. The van der Waals surface area contributed by atoms with Gasteiger partial charge in [0.15, 0.2) is 0 Å². The van der Waals surface area contributed by atoms with E-state index in [9.17, 15) is 0 Å². The van der Waals surface area contributed by atoms with E-state index in [-0.39, 0.29) is 9.03 Å². The lowest BCUT2D eigenvalue weighted by Crippen LogP contribution is -1.96. The highest BCUT2D eigenvalue weighted by molar-refractivity contribution is 7.27. The normalized spacial score (nSPS) is 11.1. The Morgan fingerprint density at radius 2 is 1.09 bits per heavy atom. The van der Waals surface area contributed by atoms with Crippen molar-refractivity contribution in [3.05, 3.63) is 58.7 Å². The Morgan fingerprint density at radius 1 is 0.696 bits per heavy atom. The van der Waals surface area contributed by atoms with Gasteiger partial charge in [-0.15, -0.1) is 0 Å². The quantitative estimate of drug-likeness (QED) is 0.562.